The van der Waals surface area contributed by atoms with Crippen molar-refractivity contribution >= 4 is 28.3 Å². The van der Waals surface area contributed by atoms with Gasteiger partial charge in [0.05, 0.1) is 23.3 Å². The lowest BCUT2D eigenvalue weighted by molar-refractivity contribution is -0.122. The van der Waals surface area contributed by atoms with Crippen LogP contribution in [0.25, 0.3) is 11.0 Å². The minimum Gasteiger partial charge on any atom is -0.347 e. The molecule has 2 heterocycles. The van der Waals surface area contributed by atoms with E-state index in [4.69, 9.17) is 0 Å². The summed E-state index contributed by atoms with van der Waals surface area (Å²) in [6, 6.07) is 11.1. The van der Waals surface area contributed by atoms with Crippen molar-refractivity contribution < 1.29 is 4.79 Å². The SMILES string of the molecule is CC(NC(=O)Cn1c(=O)cnc2ccccc21)c1cccs1. The quantitative estimate of drug-likeness (QED) is 0.804. The van der Waals surface area contributed by atoms with Gasteiger partial charge in [0.1, 0.15) is 6.54 Å². The molecule has 1 N–H and O–H groups in total. The topological polar surface area (TPSA) is 64.0 Å². The summed E-state index contributed by atoms with van der Waals surface area (Å²) >= 11 is 1.59. The number of benzene rings is 1. The first kappa shape index (κ1) is 14.5. The van der Waals surface area contributed by atoms with Gasteiger partial charge >= 0.3 is 0 Å². The highest BCUT2D eigenvalue weighted by Crippen LogP contribution is 2.18. The largest absolute Gasteiger partial charge is 0.347 e. The van der Waals surface area contributed by atoms with Gasteiger partial charge in [-0.1, -0.05) is 18.2 Å². The Hall–Kier alpha value is -2.47. The van der Waals surface area contributed by atoms with Crippen LogP contribution in [0, 0.1) is 0 Å². The molecule has 3 aromatic rings. The molecule has 0 bridgehead atoms. The molecule has 0 saturated heterocycles. The molecule has 22 heavy (non-hydrogen) atoms. The summed E-state index contributed by atoms with van der Waals surface area (Å²) in [5.74, 6) is -0.195. The number of carbonyl (C=O) groups excluding carboxylic acids is 1. The van der Waals surface area contributed by atoms with Gasteiger partial charge in [0.15, 0.2) is 0 Å². The van der Waals surface area contributed by atoms with Crippen LogP contribution in [0.5, 0.6) is 0 Å². The number of amides is 1. The molecule has 0 aliphatic carbocycles. The number of para-hydroxylation sites is 2. The predicted molar refractivity (Wildman–Crippen MR) is 86.9 cm³/mol. The molecular formula is C16H15N3O2S. The highest BCUT2D eigenvalue weighted by molar-refractivity contribution is 7.10. The fourth-order valence-corrected chi connectivity index (χ4v) is 3.05. The second-order valence-electron chi connectivity index (χ2n) is 4.98. The molecule has 0 radical (unpaired) electrons. The lowest BCUT2D eigenvalue weighted by atomic mass is 10.2. The Morgan fingerprint density at radius 2 is 2.14 bits per heavy atom. The summed E-state index contributed by atoms with van der Waals surface area (Å²) in [6.07, 6.45) is 1.25. The maximum atomic E-state index is 12.2. The van der Waals surface area contributed by atoms with E-state index in [9.17, 15) is 9.59 Å². The number of nitrogens with one attached hydrogen (secondary N) is 1. The minimum atomic E-state index is -0.280. The third-order valence-electron chi connectivity index (χ3n) is 3.40. The van der Waals surface area contributed by atoms with Crippen molar-refractivity contribution in [1.82, 2.24) is 14.9 Å². The lowest BCUT2D eigenvalue weighted by Crippen LogP contribution is -2.33. The van der Waals surface area contributed by atoms with Gasteiger partial charge < -0.3 is 5.32 Å². The lowest BCUT2D eigenvalue weighted by Gasteiger charge is -2.14. The normalized spacial score (nSPS) is 12.2. The Labute approximate surface area is 131 Å². The van der Waals surface area contributed by atoms with Crippen molar-refractivity contribution in [3.05, 3.63) is 63.2 Å². The van der Waals surface area contributed by atoms with E-state index in [0.717, 1.165) is 4.88 Å². The van der Waals surface area contributed by atoms with Crippen LogP contribution >= 0.6 is 11.3 Å². The first-order chi connectivity index (χ1) is 10.6. The van der Waals surface area contributed by atoms with Crippen LogP contribution in [0.15, 0.2) is 52.8 Å². The third-order valence-corrected chi connectivity index (χ3v) is 4.46. The molecule has 112 valence electrons. The molecule has 6 heteroatoms. The molecular weight excluding hydrogens is 298 g/mol. The zero-order valence-corrected chi connectivity index (χ0v) is 12.8. The van der Waals surface area contributed by atoms with Crippen LogP contribution in [-0.2, 0) is 11.3 Å². The smallest absolute Gasteiger partial charge is 0.269 e. The standard InChI is InChI=1S/C16H15N3O2S/c1-11(14-7-4-8-22-14)18-15(20)10-19-13-6-3-2-5-12(13)17-9-16(19)21/h2-9,11H,10H2,1H3,(H,18,20). The zero-order valence-electron chi connectivity index (χ0n) is 12.0. The number of nitrogens with zero attached hydrogens (tertiary/aromatic N) is 2. The molecule has 1 atom stereocenters. The monoisotopic (exact) mass is 313 g/mol. The van der Waals surface area contributed by atoms with Crippen molar-refractivity contribution in [3.8, 4) is 0 Å². The molecule has 1 amide bonds. The number of carbonyl (C=O) groups is 1. The summed E-state index contributed by atoms with van der Waals surface area (Å²) in [7, 11) is 0. The van der Waals surface area contributed by atoms with E-state index in [1.165, 1.54) is 10.8 Å². The van der Waals surface area contributed by atoms with Gasteiger partial charge in [-0.15, -0.1) is 11.3 Å². The van der Waals surface area contributed by atoms with E-state index in [1.54, 1.807) is 17.4 Å². The van der Waals surface area contributed by atoms with Crippen LogP contribution in [0.2, 0.25) is 0 Å². The van der Waals surface area contributed by atoms with E-state index < -0.39 is 0 Å². The highest BCUT2D eigenvalue weighted by atomic mass is 32.1. The third kappa shape index (κ3) is 2.92. The summed E-state index contributed by atoms with van der Waals surface area (Å²) in [5, 5.41) is 4.89. The second kappa shape index (κ2) is 6.11. The summed E-state index contributed by atoms with van der Waals surface area (Å²) in [5.41, 5.74) is 1.08. The molecule has 1 unspecified atom stereocenters. The van der Waals surface area contributed by atoms with Gasteiger partial charge in [0, 0.05) is 4.88 Å². The van der Waals surface area contributed by atoms with E-state index >= 15 is 0 Å². The number of hydrogen-bond donors (Lipinski definition) is 1. The van der Waals surface area contributed by atoms with Crippen LogP contribution < -0.4 is 10.9 Å². The summed E-state index contributed by atoms with van der Waals surface area (Å²) in [4.78, 5) is 29.4. The van der Waals surface area contributed by atoms with Crippen LogP contribution in [-0.4, -0.2) is 15.5 Å². The van der Waals surface area contributed by atoms with E-state index in [0.29, 0.717) is 11.0 Å². The number of hydrogen-bond acceptors (Lipinski definition) is 4. The van der Waals surface area contributed by atoms with Crippen LogP contribution in [0.1, 0.15) is 17.8 Å². The molecule has 0 spiro atoms. The van der Waals surface area contributed by atoms with Crippen LogP contribution in [0.4, 0.5) is 0 Å². The molecule has 0 fully saturated rings. The van der Waals surface area contributed by atoms with E-state index in [-0.39, 0.29) is 24.1 Å². The predicted octanol–water partition coefficient (Wildman–Crippen LogP) is 2.34. The Bertz CT molecular complexity index is 855. The van der Waals surface area contributed by atoms with Crippen LogP contribution in [0.3, 0.4) is 0 Å². The maximum Gasteiger partial charge on any atom is 0.269 e. The minimum absolute atomic E-state index is 0.0163. The van der Waals surface area contributed by atoms with Gasteiger partial charge in [-0.05, 0) is 30.5 Å². The highest BCUT2D eigenvalue weighted by Gasteiger charge is 2.13. The number of rotatable bonds is 4. The fourth-order valence-electron chi connectivity index (χ4n) is 2.32. The maximum absolute atomic E-state index is 12.2. The molecule has 0 aliphatic heterocycles. The Balaban J connectivity index is 1.82. The molecule has 0 aliphatic rings. The Kier molecular flexibility index (Phi) is 4.02. The van der Waals surface area contributed by atoms with Crippen molar-refractivity contribution in [3.63, 3.8) is 0 Å². The molecule has 1 aromatic carbocycles. The first-order valence-corrected chi connectivity index (χ1v) is 7.80. The first-order valence-electron chi connectivity index (χ1n) is 6.92. The second-order valence-corrected chi connectivity index (χ2v) is 5.96. The van der Waals surface area contributed by atoms with Crippen molar-refractivity contribution in [2.24, 2.45) is 0 Å². The average molecular weight is 313 g/mol. The number of fused-ring (bicyclic) bond motifs is 1. The molecule has 0 saturated carbocycles. The summed E-state index contributed by atoms with van der Waals surface area (Å²) in [6.45, 7) is 1.91. The van der Waals surface area contributed by atoms with Gasteiger partial charge in [-0.3, -0.25) is 14.2 Å². The van der Waals surface area contributed by atoms with Gasteiger partial charge in [-0.25, -0.2) is 4.98 Å². The molecule has 2 aromatic heterocycles. The van der Waals surface area contributed by atoms with E-state index in [2.05, 4.69) is 10.3 Å². The number of aromatic nitrogens is 2. The Morgan fingerprint density at radius 1 is 1.32 bits per heavy atom. The summed E-state index contributed by atoms with van der Waals surface area (Å²) < 4.78 is 1.44. The van der Waals surface area contributed by atoms with E-state index in [1.807, 2.05) is 42.6 Å². The zero-order chi connectivity index (χ0) is 15.5. The fraction of sp³-hybridized carbons (Fsp3) is 0.188. The average Bonchev–Trinajstić information content (AvgIpc) is 3.04. The Morgan fingerprint density at radius 3 is 2.91 bits per heavy atom. The molecule has 5 nitrogen and oxygen atoms in total. The number of thiophene rings is 1. The van der Waals surface area contributed by atoms with Crippen molar-refractivity contribution in [2.45, 2.75) is 19.5 Å². The van der Waals surface area contributed by atoms with Crippen molar-refractivity contribution in [1.29, 1.82) is 0 Å². The van der Waals surface area contributed by atoms with Crippen molar-refractivity contribution in [2.75, 3.05) is 0 Å². The van der Waals surface area contributed by atoms with Gasteiger partial charge in [0.25, 0.3) is 5.56 Å². The van der Waals surface area contributed by atoms with Gasteiger partial charge in [0.2, 0.25) is 5.91 Å². The molecule has 3 rings (SSSR count). The van der Waals surface area contributed by atoms with Gasteiger partial charge in [-0.2, -0.15) is 0 Å².